The highest BCUT2D eigenvalue weighted by Crippen LogP contribution is 2.21. The molecule has 3 aromatic heterocycles. The molecule has 0 aliphatic heterocycles. The Morgan fingerprint density at radius 3 is 2.54 bits per heavy atom. The largest absolute Gasteiger partial charge is 0.361 e. The molecule has 0 fully saturated rings. The molecule has 4 nitrogen and oxygen atoms in total. The van der Waals surface area contributed by atoms with Crippen molar-refractivity contribution in [3.63, 3.8) is 0 Å². The number of H-pyrrole nitrogens is 2. The molecule has 2 N–H and O–H groups in total. The fraction of sp³-hybridized carbons (Fsp3) is 0. The first kappa shape index (κ1) is 14.2. The summed E-state index contributed by atoms with van der Waals surface area (Å²) >= 11 is 0. The highest BCUT2D eigenvalue weighted by atomic mass is 16.1. The molecule has 0 bridgehead atoms. The maximum atomic E-state index is 10.8. The summed E-state index contributed by atoms with van der Waals surface area (Å²) in [6.07, 6.45) is 3.77. The predicted octanol–water partition coefficient (Wildman–Crippen LogP) is 4.24. The van der Waals surface area contributed by atoms with Gasteiger partial charge in [0, 0.05) is 40.3 Å². The van der Waals surface area contributed by atoms with Gasteiger partial charge in [-0.3, -0.25) is 9.78 Å². The number of rotatable bonds is 0. The molecule has 0 spiro atoms. The van der Waals surface area contributed by atoms with Crippen molar-refractivity contribution in [2.45, 2.75) is 0 Å². The van der Waals surface area contributed by atoms with Crippen LogP contribution in [-0.2, 0) is 0 Å². The molecule has 0 saturated carbocycles. The van der Waals surface area contributed by atoms with E-state index in [2.05, 4.69) is 39.2 Å². The van der Waals surface area contributed by atoms with Gasteiger partial charge in [-0.25, -0.2) is 0 Å². The van der Waals surface area contributed by atoms with Crippen molar-refractivity contribution in [1.29, 1.82) is 0 Å². The average Bonchev–Trinajstić information content (AvgIpc) is 3.11. The lowest BCUT2D eigenvalue weighted by Crippen LogP contribution is -2.01. The molecule has 0 aliphatic carbocycles. The van der Waals surface area contributed by atoms with Gasteiger partial charge < -0.3 is 9.97 Å². The van der Waals surface area contributed by atoms with Crippen LogP contribution in [0.2, 0.25) is 0 Å². The highest BCUT2D eigenvalue weighted by molar-refractivity contribution is 6.03. The van der Waals surface area contributed by atoms with Crippen LogP contribution in [0.3, 0.4) is 0 Å². The van der Waals surface area contributed by atoms with Crippen LogP contribution in [0.5, 0.6) is 0 Å². The minimum atomic E-state index is -0.0521. The van der Waals surface area contributed by atoms with Gasteiger partial charge in [0.2, 0.25) is 5.56 Å². The van der Waals surface area contributed by atoms with Crippen LogP contribution in [0.1, 0.15) is 0 Å². The van der Waals surface area contributed by atoms with Crippen molar-refractivity contribution >= 4 is 32.7 Å². The molecular weight excluding hydrogens is 298 g/mol. The summed E-state index contributed by atoms with van der Waals surface area (Å²) < 4.78 is 0. The van der Waals surface area contributed by atoms with E-state index in [1.807, 2.05) is 48.8 Å². The first-order chi connectivity index (χ1) is 11.8. The molecule has 0 amide bonds. The van der Waals surface area contributed by atoms with Crippen molar-refractivity contribution < 1.29 is 0 Å². The van der Waals surface area contributed by atoms with Gasteiger partial charge in [-0.15, -0.1) is 0 Å². The monoisotopic (exact) mass is 313 g/mol. The third kappa shape index (κ3) is 2.65. The van der Waals surface area contributed by atoms with Gasteiger partial charge in [0.1, 0.15) is 0 Å². The number of benzene rings is 2. The molecule has 0 saturated heterocycles. The summed E-state index contributed by atoms with van der Waals surface area (Å²) in [7, 11) is 0. The minimum Gasteiger partial charge on any atom is -0.361 e. The number of aromatic nitrogens is 3. The van der Waals surface area contributed by atoms with Crippen molar-refractivity contribution in [3.05, 3.63) is 89.5 Å². The van der Waals surface area contributed by atoms with Crippen LogP contribution in [0.15, 0.2) is 83.9 Å². The molecule has 0 radical (unpaired) electrons. The van der Waals surface area contributed by atoms with Crippen LogP contribution >= 0.6 is 0 Å². The number of fused-ring (bicyclic) bond motifs is 4. The van der Waals surface area contributed by atoms with Crippen LogP contribution < -0.4 is 5.56 Å². The van der Waals surface area contributed by atoms with Gasteiger partial charge in [0.25, 0.3) is 0 Å². The van der Waals surface area contributed by atoms with Crippen LogP contribution in [0.4, 0.5) is 0 Å². The molecule has 4 heteroatoms. The summed E-state index contributed by atoms with van der Waals surface area (Å²) in [5.41, 5.74) is 3.05. The van der Waals surface area contributed by atoms with E-state index in [0.29, 0.717) is 0 Å². The van der Waals surface area contributed by atoms with Gasteiger partial charge in [0.15, 0.2) is 0 Å². The van der Waals surface area contributed by atoms with Crippen molar-refractivity contribution in [1.82, 2.24) is 15.0 Å². The zero-order chi connectivity index (χ0) is 16.4. The second-order valence-corrected chi connectivity index (χ2v) is 5.49. The second kappa shape index (κ2) is 6.01. The van der Waals surface area contributed by atoms with Gasteiger partial charge >= 0.3 is 0 Å². The molecule has 0 atom stereocenters. The standard InChI is InChI=1S/C11H8N2.C9H7NO/c1-2-8-3-4-10-9(5-7-12-10)11(8)13-6-1;11-9-6-5-7-3-1-2-4-8(7)10-9/h1-7,12H;1-6H,(H,10,11). The summed E-state index contributed by atoms with van der Waals surface area (Å²) in [6.45, 7) is 0. The topological polar surface area (TPSA) is 61.5 Å². The summed E-state index contributed by atoms with van der Waals surface area (Å²) in [6, 6.07) is 21.3. The normalized spacial score (nSPS) is 10.7. The van der Waals surface area contributed by atoms with Crippen molar-refractivity contribution in [3.8, 4) is 0 Å². The van der Waals surface area contributed by atoms with E-state index >= 15 is 0 Å². The summed E-state index contributed by atoms with van der Waals surface area (Å²) in [5.74, 6) is 0. The number of aromatic amines is 2. The zero-order valence-corrected chi connectivity index (χ0v) is 12.9. The van der Waals surface area contributed by atoms with E-state index in [1.54, 1.807) is 0 Å². The molecule has 5 aromatic rings. The van der Waals surface area contributed by atoms with E-state index < -0.39 is 0 Å². The van der Waals surface area contributed by atoms with Crippen LogP contribution in [0.25, 0.3) is 32.7 Å². The minimum absolute atomic E-state index is 0.0521. The molecule has 24 heavy (non-hydrogen) atoms. The third-order valence-electron chi connectivity index (χ3n) is 3.94. The predicted molar refractivity (Wildman–Crippen MR) is 98.2 cm³/mol. The highest BCUT2D eigenvalue weighted by Gasteiger charge is 2.00. The number of para-hydroxylation sites is 1. The molecule has 0 unspecified atom stereocenters. The Balaban J connectivity index is 0.000000123. The smallest absolute Gasteiger partial charge is 0.248 e. The maximum Gasteiger partial charge on any atom is 0.248 e. The average molecular weight is 313 g/mol. The van der Waals surface area contributed by atoms with Crippen molar-refractivity contribution in [2.75, 3.05) is 0 Å². The molecule has 2 aromatic carbocycles. The molecule has 116 valence electrons. The lowest BCUT2D eigenvalue weighted by atomic mass is 10.1. The number of hydrogen-bond acceptors (Lipinski definition) is 2. The van der Waals surface area contributed by atoms with Gasteiger partial charge in [-0.05, 0) is 35.7 Å². The third-order valence-corrected chi connectivity index (χ3v) is 3.94. The van der Waals surface area contributed by atoms with Gasteiger partial charge in [-0.2, -0.15) is 0 Å². The van der Waals surface area contributed by atoms with E-state index in [1.165, 1.54) is 16.8 Å². The van der Waals surface area contributed by atoms with Crippen LogP contribution in [0, 0.1) is 0 Å². The maximum absolute atomic E-state index is 10.8. The number of hydrogen-bond donors (Lipinski definition) is 2. The second-order valence-electron chi connectivity index (χ2n) is 5.49. The Labute approximate surface area is 137 Å². The van der Waals surface area contributed by atoms with Gasteiger partial charge in [-0.1, -0.05) is 30.3 Å². The van der Waals surface area contributed by atoms with Gasteiger partial charge in [0.05, 0.1) is 5.52 Å². The number of nitrogens with zero attached hydrogens (tertiary/aromatic N) is 1. The lowest BCUT2D eigenvalue weighted by molar-refractivity contribution is 1.31. The first-order valence-corrected chi connectivity index (χ1v) is 7.70. The Hall–Kier alpha value is -3.40. The first-order valence-electron chi connectivity index (χ1n) is 7.70. The zero-order valence-electron chi connectivity index (χ0n) is 12.9. The molecular formula is C20H15N3O. The number of pyridine rings is 2. The van der Waals surface area contributed by atoms with Crippen molar-refractivity contribution in [2.24, 2.45) is 0 Å². The fourth-order valence-corrected chi connectivity index (χ4v) is 2.77. The Kier molecular flexibility index (Phi) is 3.56. The number of nitrogens with one attached hydrogen (secondary N) is 2. The fourth-order valence-electron chi connectivity index (χ4n) is 2.77. The van der Waals surface area contributed by atoms with E-state index in [4.69, 9.17) is 0 Å². The lowest BCUT2D eigenvalue weighted by Gasteiger charge is -1.96. The molecule has 3 heterocycles. The van der Waals surface area contributed by atoms with Crippen LogP contribution in [-0.4, -0.2) is 15.0 Å². The van der Waals surface area contributed by atoms with E-state index in [0.717, 1.165) is 21.9 Å². The summed E-state index contributed by atoms with van der Waals surface area (Å²) in [4.78, 5) is 21.1. The quantitative estimate of drug-likeness (QED) is 0.449. The SMILES string of the molecule is O=c1ccc2ccccc2[nH]1.c1cnc2c(c1)ccc1[nH]ccc12. The Bertz CT molecular complexity index is 1190. The van der Waals surface area contributed by atoms with E-state index in [-0.39, 0.29) is 5.56 Å². The molecule has 5 rings (SSSR count). The van der Waals surface area contributed by atoms with E-state index in [9.17, 15) is 4.79 Å². The Morgan fingerprint density at radius 2 is 1.58 bits per heavy atom. The summed E-state index contributed by atoms with van der Waals surface area (Å²) in [5, 5.41) is 3.44. The Morgan fingerprint density at radius 1 is 0.750 bits per heavy atom. The molecule has 0 aliphatic rings.